The minimum absolute atomic E-state index is 0.0594. The van der Waals surface area contributed by atoms with Crippen LogP contribution in [0.25, 0.3) is 0 Å². The number of hydrogen-bond acceptors (Lipinski definition) is 7. The Balaban J connectivity index is 1.49. The molecule has 0 saturated heterocycles. The predicted molar refractivity (Wildman–Crippen MR) is 105 cm³/mol. The number of thiophene rings is 1. The van der Waals surface area contributed by atoms with E-state index in [-0.39, 0.29) is 18.0 Å². The van der Waals surface area contributed by atoms with Crippen LogP contribution in [0.5, 0.6) is 0 Å². The number of thiazole rings is 1. The molecule has 0 atom stereocenters. The lowest BCUT2D eigenvalue weighted by molar-refractivity contribution is 0.0950. The van der Waals surface area contributed by atoms with Gasteiger partial charge < -0.3 is 5.32 Å². The molecule has 0 spiro atoms. The minimum atomic E-state index is -0.154. The van der Waals surface area contributed by atoms with Crippen LogP contribution in [0, 0.1) is 0 Å². The highest BCUT2D eigenvalue weighted by atomic mass is 32.1. The predicted octanol–water partition coefficient (Wildman–Crippen LogP) is 2.10. The summed E-state index contributed by atoms with van der Waals surface area (Å²) >= 11 is 3.11. The first-order chi connectivity index (χ1) is 13.2. The van der Waals surface area contributed by atoms with E-state index < -0.39 is 0 Å². The highest BCUT2D eigenvalue weighted by molar-refractivity contribution is 7.09. The van der Waals surface area contributed by atoms with Crippen molar-refractivity contribution in [3.8, 4) is 0 Å². The van der Waals surface area contributed by atoms with Crippen molar-refractivity contribution in [2.45, 2.75) is 32.6 Å². The van der Waals surface area contributed by atoms with Gasteiger partial charge in [0.05, 0.1) is 25.3 Å². The summed E-state index contributed by atoms with van der Waals surface area (Å²) in [5.74, 6) is 0.592. The summed E-state index contributed by atoms with van der Waals surface area (Å²) < 4.78 is 1.74. The Morgan fingerprint density at radius 1 is 1.30 bits per heavy atom. The van der Waals surface area contributed by atoms with Gasteiger partial charge >= 0.3 is 0 Å². The third-order valence-electron chi connectivity index (χ3n) is 4.42. The molecule has 0 fully saturated rings. The van der Waals surface area contributed by atoms with Crippen LogP contribution in [-0.2, 0) is 26.2 Å². The molecule has 4 rings (SSSR count). The van der Waals surface area contributed by atoms with E-state index in [2.05, 4.69) is 20.2 Å². The summed E-state index contributed by atoms with van der Waals surface area (Å²) in [6.45, 7) is 3.15. The fraction of sp³-hybridized carbons (Fsp3) is 0.333. The number of rotatable bonds is 5. The lowest BCUT2D eigenvalue weighted by Gasteiger charge is -2.18. The van der Waals surface area contributed by atoms with Crippen LogP contribution in [0.15, 0.2) is 39.3 Å². The second kappa shape index (κ2) is 8.12. The molecular weight excluding hydrogens is 382 g/mol. The molecule has 0 aliphatic carbocycles. The van der Waals surface area contributed by atoms with Gasteiger partial charge in [-0.3, -0.25) is 19.1 Å². The van der Waals surface area contributed by atoms with Gasteiger partial charge in [-0.05, 0) is 17.9 Å². The SMILES string of the molecule is O=C(NCc1cc(=O)n2c(n1)CN(Cc1nccs1)CCC2)c1ccsc1. The van der Waals surface area contributed by atoms with Crippen LogP contribution in [0.1, 0.15) is 33.3 Å². The standard InChI is InChI=1S/C18H19N5O2S2/c24-17-8-14(9-20-18(25)13-2-6-26-12-13)21-15-10-22(4-1-5-23(15)17)11-16-19-3-7-27-16/h2-3,6-8,12H,1,4-5,9-11H2,(H,20,25). The van der Waals surface area contributed by atoms with Crippen molar-refractivity contribution < 1.29 is 4.79 Å². The summed E-state index contributed by atoms with van der Waals surface area (Å²) in [5.41, 5.74) is 1.16. The van der Waals surface area contributed by atoms with Gasteiger partial charge in [-0.15, -0.1) is 11.3 Å². The van der Waals surface area contributed by atoms with Gasteiger partial charge in [-0.2, -0.15) is 11.3 Å². The molecule has 0 unspecified atom stereocenters. The third-order valence-corrected chi connectivity index (χ3v) is 5.86. The van der Waals surface area contributed by atoms with Gasteiger partial charge in [0.15, 0.2) is 0 Å². The Labute approximate surface area is 164 Å². The van der Waals surface area contributed by atoms with E-state index in [9.17, 15) is 9.59 Å². The first-order valence-electron chi connectivity index (χ1n) is 8.70. The van der Waals surface area contributed by atoms with Gasteiger partial charge in [0.25, 0.3) is 11.5 Å². The molecular formula is C18H19N5O2S2. The summed E-state index contributed by atoms with van der Waals surface area (Å²) in [7, 11) is 0. The van der Waals surface area contributed by atoms with E-state index >= 15 is 0 Å². The molecule has 1 aliphatic heterocycles. The van der Waals surface area contributed by atoms with Crippen molar-refractivity contribution in [1.29, 1.82) is 0 Å². The van der Waals surface area contributed by atoms with Crippen molar-refractivity contribution in [2.75, 3.05) is 6.54 Å². The van der Waals surface area contributed by atoms with E-state index in [4.69, 9.17) is 0 Å². The second-order valence-electron chi connectivity index (χ2n) is 6.34. The maximum absolute atomic E-state index is 12.5. The Kier molecular flexibility index (Phi) is 5.42. The zero-order chi connectivity index (χ0) is 18.6. The van der Waals surface area contributed by atoms with Crippen LogP contribution in [0.3, 0.4) is 0 Å². The molecule has 1 aliphatic rings. The molecule has 0 saturated carbocycles. The Bertz CT molecular complexity index is 966. The van der Waals surface area contributed by atoms with Gasteiger partial charge in [-0.25, -0.2) is 9.97 Å². The van der Waals surface area contributed by atoms with Crippen molar-refractivity contribution in [3.05, 3.63) is 66.9 Å². The number of amides is 1. The van der Waals surface area contributed by atoms with Crippen LogP contribution >= 0.6 is 22.7 Å². The van der Waals surface area contributed by atoms with E-state index in [1.165, 1.54) is 17.4 Å². The Morgan fingerprint density at radius 2 is 2.22 bits per heavy atom. The maximum atomic E-state index is 12.5. The highest BCUT2D eigenvalue weighted by Crippen LogP contribution is 2.14. The average molecular weight is 402 g/mol. The summed E-state index contributed by atoms with van der Waals surface area (Å²) in [6, 6.07) is 3.30. The lowest BCUT2D eigenvalue weighted by Crippen LogP contribution is -2.29. The fourth-order valence-corrected chi connectivity index (χ4v) is 4.41. The molecule has 4 heterocycles. The Morgan fingerprint density at radius 3 is 3.00 bits per heavy atom. The summed E-state index contributed by atoms with van der Waals surface area (Å²) in [6.07, 6.45) is 2.71. The van der Waals surface area contributed by atoms with E-state index in [1.54, 1.807) is 27.4 Å². The monoisotopic (exact) mass is 401 g/mol. The van der Waals surface area contributed by atoms with E-state index in [0.717, 1.165) is 30.3 Å². The van der Waals surface area contributed by atoms with Gasteiger partial charge in [-0.1, -0.05) is 0 Å². The highest BCUT2D eigenvalue weighted by Gasteiger charge is 2.18. The quantitative estimate of drug-likeness (QED) is 0.708. The molecule has 0 bridgehead atoms. The number of fused-ring (bicyclic) bond motifs is 1. The van der Waals surface area contributed by atoms with Crippen LogP contribution < -0.4 is 10.9 Å². The molecule has 27 heavy (non-hydrogen) atoms. The van der Waals surface area contributed by atoms with Crippen molar-refractivity contribution in [3.63, 3.8) is 0 Å². The number of carbonyl (C=O) groups is 1. The molecule has 3 aromatic rings. The van der Waals surface area contributed by atoms with Crippen molar-refractivity contribution in [2.24, 2.45) is 0 Å². The smallest absolute Gasteiger partial charge is 0.253 e. The van der Waals surface area contributed by atoms with Crippen LogP contribution in [-0.4, -0.2) is 31.9 Å². The van der Waals surface area contributed by atoms with Crippen LogP contribution in [0.2, 0.25) is 0 Å². The zero-order valence-corrected chi connectivity index (χ0v) is 16.3. The average Bonchev–Trinajstić information content (AvgIpc) is 3.32. The largest absolute Gasteiger partial charge is 0.346 e. The van der Waals surface area contributed by atoms with Gasteiger partial charge in [0, 0.05) is 41.7 Å². The Hall–Kier alpha value is -2.36. The van der Waals surface area contributed by atoms with Crippen molar-refractivity contribution in [1.82, 2.24) is 24.8 Å². The minimum Gasteiger partial charge on any atom is -0.346 e. The number of hydrogen-bond donors (Lipinski definition) is 1. The van der Waals surface area contributed by atoms with E-state index in [0.29, 0.717) is 24.3 Å². The number of aromatic nitrogens is 3. The normalized spacial score (nSPS) is 14.5. The summed E-state index contributed by atoms with van der Waals surface area (Å²) in [5, 5.41) is 9.52. The van der Waals surface area contributed by atoms with Crippen LogP contribution in [0.4, 0.5) is 0 Å². The maximum Gasteiger partial charge on any atom is 0.253 e. The molecule has 7 nitrogen and oxygen atoms in total. The molecule has 1 amide bonds. The van der Waals surface area contributed by atoms with Gasteiger partial charge in [0.2, 0.25) is 0 Å². The molecule has 3 aromatic heterocycles. The molecule has 0 aromatic carbocycles. The van der Waals surface area contributed by atoms with Gasteiger partial charge in [0.1, 0.15) is 10.8 Å². The second-order valence-corrected chi connectivity index (χ2v) is 8.10. The molecule has 0 radical (unpaired) electrons. The molecule has 9 heteroatoms. The fourth-order valence-electron chi connectivity index (χ4n) is 3.11. The first-order valence-corrected chi connectivity index (χ1v) is 10.5. The number of nitrogens with zero attached hydrogens (tertiary/aromatic N) is 4. The number of carbonyl (C=O) groups excluding carboxylic acids is 1. The topological polar surface area (TPSA) is 80.1 Å². The van der Waals surface area contributed by atoms with E-state index in [1.807, 2.05) is 17.0 Å². The summed E-state index contributed by atoms with van der Waals surface area (Å²) in [4.78, 5) is 35.9. The lowest BCUT2D eigenvalue weighted by atomic mass is 10.3. The molecule has 140 valence electrons. The first kappa shape index (κ1) is 18.0. The van der Waals surface area contributed by atoms with Crippen molar-refractivity contribution >= 4 is 28.6 Å². The third kappa shape index (κ3) is 4.32. The number of nitrogens with one attached hydrogen (secondary N) is 1. The zero-order valence-electron chi connectivity index (χ0n) is 14.6. The molecule has 1 N–H and O–H groups in total.